The van der Waals surface area contributed by atoms with Gasteiger partial charge in [-0.15, -0.1) is 0 Å². The Balaban J connectivity index is 2.07. The molecule has 2 rings (SSSR count). The molecule has 1 aliphatic heterocycles. The fourth-order valence-electron chi connectivity index (χ4n) is 2.43. The van der Waals surface area contributed by atoms with Gasteiger partial charge in [0.15, 0.2) is 5.78 Å². The Hall–Kier alpha value is -1.91. The lowest BCUT2D eigenvalue weighted by atomic mass is 9.89. The topological polar surface area (TPSA) is 59.4 Å². The summed E-state index contributed by atoms with van der Waals surface area (Å²) < 4.78 is 1.41. The summed E-state index contributed by atoms with van der Waals surface area (Å²) in [6.45, 7) is 2.82. The summed E-state index contributed by atoms with van der Waals surface area (Å²) in [6, 6.07) is 3.00. The first-order valence-corrected chi connectivity index (χ1v) is 6.45. The fraction of sp³-hybridized carbons (Fsp3) is 0.500. The summed E-state index contributed by atoms with van der Waals surface area (Å²) in [5.74, 6) is 0.0833. The SMILES string of the molecule is CC(=O)N1CCC(C(=O)c2ccc(=O)n(C)c2)CC1. The molecule has 1 saturated heterocycles. The van der Waals surface area contributed by atoms with E-state index in [4.69, 9.17) is 0 Å². The van der Waals surface area contributed by atoms with Gasteiger partial charge in [-0.25, -0.2) is 0 Å². The number of pyridine rings is 1. The molecule has 0 unspecified atom stereocenters. The first kappa shape index (κ1) is 13.5. The van der Waals surface area contributed by atoms with Gasteiger partial charge < -0.3 is 9.47 Å². The van der Waals surface area contributed by atoms with Gasteiger partial charge in [-0.1, -0.05) is 0 Å². The van der Waals surface area contributed by atoms with Crippen LogP contribution >= 0.6 is 0 Å². The Kier molecular flexibility index (Phi) is 3.83. The van der Waals surface area contributed by atoms with Crippen LogP contribution in [0.25, 0.3) is 0 Å². The number of likely N-dealkylation sites (tertiary alicyclic amines) is 1. The predicted molar refractivity (Wildman–Crippen MR) is 71.0 cm³/mol. The zero-order chi connectivity index (χ0) is 14.0. The Bertz CT molecular complexity index is 554. The van der Waals surface area contributed by atoms with Crippen LogP contribution in [0, 0.1) is 5.92 Å². The highest BCUT2D eigenvalue weighted by molar-refractivity contribution is 5.97. The summed E-state index contributed by atoms with van der Waals surface area (Å²) in [6.07, 6.45) is 2.98. The monoisotopic (exact) mass is 262 g/mol. The largest absolute Gasteiger partial charge is 0.343 e. The van der Waals surface area contributed by atoms with Gasteiger partial charge in [0.2, 0.25) is 11.5 Å². The number of carbonyl (C=O) groups excluding carboxylic acids is 2. The number of aromatic nitrogens is 1. The lowest BCUT2D eigenvalue weighted by Gasteiger charge is -2.30. The number of rotatable bonds is 2. The molecule has 0 aliphatic carbocycles. The number of aryl methyl sites for hydroxylation is 1. The lowest BCUT2D eigenvalue weighted by molar-refractivity contribution is -0.130. The highest BCUT2D eigenvalue weighted by atomic mass is 16.2. The number of piperidine rings is 1. The molecule has 0 bridgehead atoms. The van der Waals surface area contributed by atoms with Gasteiger partial charge in [0.05, 0.1) is 0 Å². The molecule has 5 heteroatoms. The van der Waals surface area contributed by atoms with Crippen molar-refractivity contribution in [2.75, 3.05) is 13.1 Å². The third-order valence-electron chi connectivity index (χ3n) is 3.68. The van der Waals surface area contributed by atoms with E-state index in [0.717, 1.165) is 0 Å². The standard InChI is InChI=1S/C14H18N2O3/c1-10(17)16-7-5-11(6-8-16)14(19)12-3-4-13(18)15(2)9-12/h3-4,9,11H,5-8H2,1-2H3. The number of ketones is 1. The fourth-order valence-corrected chi connectivity index (χ4v) is 2.43. The normalized spacial score (nSPS) is 16.4. The van der Waals surface area contributed by atoms with Crippen molar-refractivity contribution in [2.24, 2.45) is 13.0 Å². The second kappa shape index (κ2) is 5.38. The molecule has 0 saturated carbocycles. The van der Waals surface area contributed by atoms with E-state index in [1.165, 1.54) is 10.6 Å². The molecule has 1 fully saturated rings. The van der Waals surface area contributed by atoms with Crippen molar-refractivity contribution >= 4 is 11.7 Å². The number of carbonyl (C=O) groups is 2. The minimum Gasteiger partial charge on any atom is -0.343 e. The van der Waals surface area contributed by atoms with Crippen molar-refractivity contribution in [3.63, 3.8) is 0 Å². The molecule has 0 N–H and O–H groups in total. The molecular formula is C14H18N2O3. The van der Waals surface area contributed by atoms with Gasteiger partial charge in [-0.3, -0.25) is 14.4 Å². The average Bonchev–Trinajstić information content (AvgIpc) is 2.41. The van der Waals surface area contributed by atoms with Crippen molar-refractivity contribution in [3.05, 3.63) is 34.2 Å². The highest BCUT2D eigenvalue weighted by Crippen LogP contribution is 2.21. The van der Waals surface area contributed by atoms with Crippen LogP contribution in [0.5, 0.6) is 0 Å². The van der Waals surface area contributed by atoms with Crippen molar-refractivity contribution in [2.45, 2.75) is 19.8 Å². The highest BCUT2D eigenvalue weighted by Gasteiger charge is 2.26. The molecule has 0 spiro atoms. The number of hydrogen-bond donors (Lipinski definition) is 0. The van der Waals surface area contributed by atoms with Crippen LogP contribution in [-0.2, 0) is 11.8 Å². The second-order valence-electron chi connectivity index (χ2n) is 5.01. The summed E-state index contributed by atoms with van der Waals surface area (Å²) in [7, 11) is 1.64. The maximum absolute atomic E-state index is 12.3. The number of hydrogen-bond acceptors (Lipinski definition) is 3. The Morgan fingerprint density at radius 1 is 1.21 bits per heavy atom. The molecule has 0 atom stereocenters. The molecule has 1 amide bonds. The van der Waals surface area contributed by atoms with Crippen LogP contribution in [0.2, 0.25) is 0 Å². The number of nitrogens with zero attached hydrogens (tertiary/aromatic N) is 2. The summed E-state index contributed by atoms with van der Waals surface area (Å²) in [5, 5.41) is 0. The first-order valence-electron chi connectivity index (χ1n) is 6.45. The minimum absolute atomic E-state index is 0.0481. The summed E-state index contributed by atoms with van der Waals surface area (Å²) >= 11 is 0. The average molecular weight is 262 g/mol. The van der Waals surface area contributed by atoms with Crippen LogP contribution in [0.4, 0.5) is 0 Å². The molecule has 102 valence electrons. The Labute approximate surface area is 111 Å². The zero-order valence-electron chi connectivity index (χ0n) is 11.3. The Morgan fingerprint density at radius 2 is 1.84 bits per heavy atom. The van der Waals surface area contributed by atoms with E-state index < -0.39 is 0 Å². The van der Waals surface area contributed by atoms with E-state index in [1.807, 2.05) is 0 Å². The summed E-state index contributed by atoms with van der Waals surface area (Å²) in [4.78, 5) is 36.6. The van der Waals surface area contributed by atoms with Crippen LogP contribution in [-0.4, -0.2) is 34.2 Å². The Morgan fingerprint density at radius 3 is 2.37 bits per heavy atom. The lowest BCUT2D eigenvalue weighted by Crippen LogP contribution is -2.39. The molecule has 5 nitrogen and oxygen atoms in total. The number of Topliss-reactive ketones (excluding diaryl/α,β-unsaturated/α-hetero) is 1. The van der Waals surface area contributed by atoms with Gasteiger partial charge in [-0.2, -0.15) is 0 Å². The van der Waals surface area contributed by atoms with Crippen LogP contribution in [0.15, 0.2) is 23.1 Å². The van der Waals surface area contributed by atoms with Crippen LogP contribution < -0.4 is 5.56 Å². The zero-order valence-corrected chi connectivity index (χ0v) is 11.3. The van der Waals surface area contributed by atoms with Crippen molar-refractivity contribution in [1.29, 1.82) is 0 Å². The van der Waals surface area contributed by atoms with Crippen LogP contribution in [0.3, 0.4) is 0 Å². The molecule has 0 aromatic carbocycles. The molecular weight excluding hydrogens is 244 g/mol. The van der Waals surface area contributed by atoms with E-state index in [0.29, 0.717) is 31.5 Å². The quantitative estimate of drug-likeness (QED) is 0.742. The minimum atomic E-state index is -0.122. The number of amides is 1. The molecule has 1 aromatic heterocycles. The van der Waals surface area contributed by atoms with Crippen molar-refractivity contribution in [3.8, 4) is 0 Å². The first-order chi connectivity index (χ1) is 8.99. The smallest absolute Gasteiger partial charge is 0.250 e. The van der Waals surface area contributed by atoms with Crippen molar-refractivity contribution in [1.82, 2.24) is 9.47 Å². The van der Waals surface area contributed by atoms with E-state index in [9.17, 15) is 14.4 Å². The van der Waals surface area contributed by atoms with Gasteiger partial charge in [-0.05, 0) is 18.9 Å². The third kappa shape index (κ3) is 2.92. The third-order valence-corrected chi connectivity index (χ3v) is 3.68. The maximum atomic E-state index is 12.3. The molecule has 0 radical (unpaired) electrons. The van der Waals surface area contributed by atoms with E-state index in [-0.39, 0.29) is 23.2 Å². The van der Waals surface area contributed by atoms with Gasteiger partial charge >= 0.3 is 0 Å². The van der Waals surface area contributed by atoms with Gasteiger partial charge in [0, 0.05) is 50.8 Å². The van der Waals surface area contributed by atoms with Gasteiger partial charge in [0.25, 0.3) is 0 Å². The van der Waals surface area contributed by atoms with E-state index >= 15 is 0 Å². The molecule has 1 aliphatic rings. The van der Waals surface area contributed by atoms with Crippen LogP contribution in [0.1, 0.15) is 30.1 Å². The maximum Gasteiger partial charge on any atom is 0.250 e. The van der Waals surface area contributed by atoms with E-state index in [2.05, 4.69) is 0 Å². The predicted octanol–water partition coefficient (Wildman–Crippen LogP) is 0.826. The van der Waals surface area contributed by atoms with Gasteiger partial charge in [0.1, 0.15) is 0 Å². The molecule has 19 heavy (non-hydrogen) atoms. The van der Waals surface area contributed by atoms with E-state index in [1.54, 1.807) is 31.1 Å². The summed E-state index contributed by atoms with van der Waals surface area (Å²) in [5.41, 5.74) is 0.450. The second-order valence-corrected chi connectivity index (χ2v) is 5.01. The molecule has 1 aromatic rings. The van der Waals surface area contributed by atoms with Crippen molar-refractivity contribution < 1.29 is 9.59 Å². The molecule has 2 heterocycles.